The Bertz CT molecular complexity index is 929. The highest BCUT2D eigenvalue weighted by molar-refractivity contribution is 9.10. The molecule has 0 radical (unpaired) electrons. The van der Waals surface area contributed by atoms with Gasteiger partial charge in [0.05, 0.1) is 0 Å². The third-order valence-electron chi connectivity index (χ3n) is 3.92. The Kier molecular flexibility index (Phi) is 4.77. The number of nitrogens with zero attached hydrogens (tertiary/aromatic N) is 1. The minimum absolute atomic E-state index is 0.00204. The summed E-state index contributed by atoms with van der Waals surface area (Å²) >= 11 is 3.42. The molecule has 25 heavy (non-hydrogen) atoms. The van der Waals surface area contributed by atoms with E-state index in [-0.39, 0.29) is 12.4 Å². The number of nitrogens with one attached hydrogen (secondary N) is 1. The molecule has 1 heterocycles. The minimum Gasteiger partial charge on any atom is -0.454 e. The Morgan fingerprint density at radius 1 is 1.20 bits per heavy atom. The SMILES string of the molecule is Cc1ccc(NC(=O)/C(C#N)=C/c2cc3c(cc2Br)OCO3)cc1C. The van der Waals surface area contributed by atoms with Crippen LogP contribution in [-0.2, 0) is 4.79 Å². The van der Waals surface area contributed by atoms with Crippen LogP contribution in [0.4, 0.5) is 5.69 Å². The molecular formula is C19H15BrN2O3. The van der Waals surface area contributed by atoms with Crippen LogP contribution in [0, 0.1) is 25.2 Å². The van der Waals surface area contributed by atoms with Crippen molar-refractivity contribution in [1.82, 2.24) is 0 Å². The van der Waals surface area contributed by atoms with E-state index >= 15 is 0 Å². The van der Waals surface area contributed by atoms with Gasteiger partial charge >= 0.3 is 0 Å². The summed E-state index contributed by atoms with van der Waals surface area (Å²) in [5.41, 5.74) is 3.52. The molecule has 5 nitrogen and oxygen atoms in total. The Morgan fingerprint density at radius 2 is 1.92 bits per heavy atom. The molecule has 2 aromatic rings. The van der Waals surface area contributed by atoms with Gasteiger partial charge in [0.15, 0.2) is 11.5 Å². The van der Waals surface area contributed by atoms with Crippen molar-refractivity contribution in [3.63, 3.8) is 0 Å². The molecule has 126 valence electrons. The highest BCUT2D eigenvalue weighted by Crippen LogP contribution is 2.37. The minimum atomic E-state index is -0.463. The number of nitriles is 1. The molecule has 0 saturated heterocycles. The molecule has 1 aliphatic heterocycles. The van der Waals surface area contributed by atoms with E-state index in [1.807, 2.05) is 38.1 Å². The van der Waals surface area contributed by atoms with Crippen LogP contribution >= 0.6 is 15.9 Å². The number of amides is 1. The van der Waals surface area contributed by atoms with E-state index < -0.39 is 5.91 Å². The number of benzene rings is 2. The second-order valence-electron chi connectivity index (χ2n) is 5.65. The summed E-state index contributed by atoms with van der Waals surface area (Å²) in [6.45, 7) is 4.13. The first-order valence-electron chi connectivity index (χ1n) is 7.57. The first-order chi connectivity index (χ1) is 12.0. The fourth-order valence-corrected chi connectivity index (χ4v) is 2.80. The molecule has 1 aliphatic rings. The summed E-state index contributed by atoms with van der Waals surface area (Å²) in [6.07, 6.45) is 1.52. The highest BCUT2D eigenvalue weighted by atomic mass is 79.9. The molecule has 0 bridgehead atoms. The summed E-state index contributed by atoms with van der Waals surface area (Å²) in [7, 11) is 0. The molecule has 1 amide bonds. The van der Waals surface area contributed by atoms with Crippen molar-refractivity contribution in [3.05, 3.63) is 57.1 Å². The van der Waals surface area contributed by atoms with Crippen molar-refractivity contribution in [2.45, 2.75) is 13.8 Å². The van der Waals surface area contributed by atoms with Crippen LogP contribution < -0.4 is 14.8 Å². The van der Waals surface area contributed by atoms with E-state index in [4.69, 9.17) is 9.47 Å². The topological polar surface area (TPSA) is 71.4 Å². The van der Waals surface area contributed by atoms with Crippen LogP contribution in [0.1, 0.15) is 16.7 Å². The number of rotatable bonds is 3. The van der Waals surface area contributed by atoms with Gasteiger partial charge in [-0.2, -0.15) is 5.26 Å². The van der Waals surface area contributed by atoms with Gasteiger partial charge in [0.1, 0.15) is 11.6 Å². The lowest BCUT2D eigenvalue weighted by Crippen LogP contribution is -2.13. The van der Waals surface area contributed by atoms with Crippen molar-refractivity contribution in [2.24, 2.45) is 0 Å². The fourth-order valence-electron chi connectivity index (χ4n) is 2.37. The quantitative estimate of drug-likeness (QED) is 0.616. The number of halogens is 1. The maximum Gasteiger partial charge on any atom is 0.266 e. The van der Waals surface area contributed by atoms with Crippen LogP contribution in [0.15, 0.2) is 40.4 Å². The van der Waals surface area contributed by atoms with Crippen LogP contribution in [0.5, 0.6) is 11.5 Å². The third kappa shape index (κ3) is 3.67. The Hall–Kier alpha value is -2.78. The van der Waals surface area contributed by atoms with Gasteiger partial charge in [0.2, 0.25) is 6.79 Å². The average molecular weight is 399 g/mol. The zero-order valence-electron chi connectivity index (χ0n) is 13.7. The fraction of sp³-hybridized carbons (Fsp3) is 0.158. The summed E-state index contributed by atoms with van der Waals surface area (Å²) in [6, 6.07) is 11.0. The number of hydrogen-bond acceptors (Lipinski definition) is 4. The van der Waals surface area contributed by atoms with E-state index in [0.717, 1.165) is 11.1 Å². The van der Waals surface area contributed by atoms with Gasteiger partial charge in [-0.25, -0.2) is 0 Å². The molecule has 6 heteroatoms. The van der Waals surface area contributed by atoms with E-state index in [1.165, 1.54) is 6.08 Å². The van der Waals surface area contributed by atoms with Gasteiger partial charge in [-0.3, -0.25) is 4.79 Å². The number of ether oxygens (including phenoxy) is 2. The monoisotopic (exact) mass is 398 g/mol. The lowest BCUT2D eigenvalue weighted by atomic mass is 10.1. The molecule has 0 spiro atoms. The lowest BCUT2D eigenvalue weighted by molar-refractivity contribution is -0.112. The van der Waals surface area contributed by atoms with Gasteiger partial charge < -0.3 is 14.8 Å². The zero-order valence-corrected chi connectivity index (χ0v) is 15.3. The smallest absolute Gasteiger partial charge is 0.266 e. The first kappa shape index (κ1) is 17.1. The molecule has 0 aromatic heterocycles. The molecule has 1 N–H and O–H groups in total. The standard InChI is InChI=1S/C19H15BrN2O3/c1-11-3-4-15(5-12(11)2)22-19(23)14(9-21)6-13-7-17-18(8-16(13)20)25-10-24-17/h3-8H,10H2,1-2H3,(H,22,23)/b14-6+. The van der Waals surface area contributed by atoms with Crippen molar-refractivity contribution in [3.8, 4) is 17.6 Å². The van der Waals surface area contributed by atoms with Crippen molar-refractivity contribution in [2.75, 3.05) is 12.1 Å². The predicted molar refractivity (Wildman–Crippen MR) is 98.4 cm³/mol. The second-order valence-corrected chi connectivity index (χ2v) is 6.50. The maximum absolute atomic E-state index is 12.4. The number of aryl methyl sites for hydroxylation is 2. The van der Waals surface area contributed by atoms with Crippen molar-refractivity contribution >= 4 is 33.6 Å². The number of hydrogen-bond donors (Lipinski definition) is 1. The van der Waals surface area contributed by atoms with Crippen LogP contribution in [0.25, 0.3) is 6.08 Å². The number of carbonyl (C=O) groups excluding carboxylic acids is 1. The molecule has 0 atom stereocenters. The normalized spacial score (nSPS) is 12.6. The van der Waals surface area contributed by atoms with Crippen LogP contribution in [0.3, 0.4) is 0 Å². The third-order valence-corrected chi connectivity index (χ3v) is 4.61. The van der Waals surface area contributed by atoms with Crippen LogP contribution in [-0.4, -0.2) is 12.7 Å². The van der Waals surface area contributed by atoms with Crippen LogP contribution in [0.2, 0.25) is 0 Å². The van der Waals surface area contributed by atoms with Gasteiger partial charge in [0, 0.05) is 10.2 Å². The van der Waals surface area contributed by atoms with Gasteiger partial charge in [-0.15, -0.1) is 0 Å². The Morgan fingerprint density at radius 3 is 2.60 bits per heavy atom. The van der Waals surface area contributed by atoms with E-state index in [1.54, 1.807) is 12.1 Å². The summed E-state index contributed by atoms with van der Waals surface area (Å²) < 4.78 is 11.3. The van der Waals surface area contributed by atoms with Gasteiger partial charge in [-0.05, 0) is 60.9 Å². The summed E-state index contributed by atoms with van der Waals surface area (Å²) in [4.78, 5) is 12.4. The zero-order chi connectivity index (χ0) is 18.0. The average Bonchev–Trinajstić information content (AvgIpc) is 3.02. The van der Waals surface area contributed by atoms with Gasteiger partial charge in [0.25, 0.3) is 5.91 Å². The highest BCUT2D eigenvalue weighted by Gasteiger charge is 2.17. The maximum atomic E-state index is 12.4. The molecule has 3 rings (SSSR count). The first-order valence-corrected chi connectivity index (χ1v) is 8.37. The second kappa shape index (κ2) is 6.99. The molecular weight excluding hydrogens is 384 g/mol. The van der Waals surface area contributed by atoms with Crippen molar-refractivity contribution < 1.29 is 14.3 Å². The molecule has 0 fully saturated rings. The summed E-state index contributed by atoms with van der Waals surface area (Å²) in [5, 5.41) is 12.1. The number of carbonyl (C=O) groups is 1. The summed E-state index contributed by atoms with van der Waals surface area (Å²) in [5.74, 6) is 0.749. The number of anilines is 1. The molecule has 0 aliphatic carbocycles. The van der Waals surface area contributed by atoms with Crippen molar-refractivity contribution in [1.29, 1.82) is 5.26 Å². The largest absolute Gasteiger partial charge is 0.454 e. The molecule has 0 unspecified atom stereocenters. The van der Waals surface area contributed by atoms with E-state index in [0.29, 0.717) is 27.2 Å². The number of fused-ring (bicyclic) bond motifs is 1. The Balaban J connectivity index is 1.86. The molecule has 0 saturated carbocycles. The molecule has 2 aromatic carbocycles. The Labute approximate surface area is 154 Å². The van der Waals surface area contributed by atoms with E-state index in [2.05, 4.69) is 21.2 Å². The predicted octanol–water partition coefficient (Wildman–Crippen LogP) is 4.34. The van der Waals surface area contributed by atoms with Gasteiger partial charge in [-0.1, -0.05) is 22.0 Å². The lowest BCUT2D eigenvalue weighted by Gasteiger charge is -2.08. The van der Waals surface area contributed by atoms with E-state index in [9.17, 15) is 10.1 Å².